The van der Waals surface area contributed by atoms with E-state index in [2.05, 4.69) is 6.58 Å². The van der Waals surface area contributed by atoms with Gasteiger partial charge in [-0.3, -0.25) is 4.79 Å². The monoisotopic (exact) mass is 239 g/mol. The summed E-state index contributed by atoms with van der Waals surface area (Å²) in [4.78, 5) is 14.3. The zero-order chi connectivity index (χ0) is 13.1. The van der Waals surface area contributed by atoms with Gasteiger partial charge in [-0.1, -0.05) is 49.0 Å². The fourth-order valence-electron chi connectivity index (χ4n) is 2.07. The van der Waals surface area contributed by atoms with Crippen LogP contribution in [0.5, 0.6) is 0 Å². The fraction of sp³-hybridized carbons (Fsp3) is 0.188. The summed E-state index contributed by atoms with van der Waals surface area (Å²) >= 11 is 0. The minimum Gasteiger partial charge on any atom is -0.305 e. The van der Waals surface area contributed by atoms with Crippen molar-refractivity contribution in [2.24, 2.45) is 0 Å². The molecule has 0 unspecified atom stereocenters. The third-order valence-corrected chi connectivity index (χ3v) is 2.86. The summed E-state index contributed by atoms with van der Waals surface area (Å²) in [6.07, 6.45) is 0. The minimum absolute atomic E-state index is 0.0282. The lowest BCUT2D eigenvalue weighted by Gasteiger charge is -2.12. The molecule has 2 aromatic carbocycles. The van der Waals surface area contributed by atoms with E-state index in [-0.39, 0.29) is 5.78 Å². The van der Waals surface area contributed by atoms with Gasteiger partial charge in [-0.2, -0.15) is 0 Å². The normalized spacial score (nSPS) is 10.8. The molecule has 0 N–H and O–H groups in total. The third-order valence-electron chi connectivity index (χ3n) is 2.86. The largest absolute Gasteiger partial charge is 0.305 e. The summed E-state index contributed by atoms with van der Waals surface area (Å²) < 4.78 is 0. The van der Waals surface area contributed by atoms with Crippen molar-refractivity contribution in [2.75, 3.05) is 20.6 Å². The van der Waals surface area contributed by atoms with Crippen LogP contribution < -0.4 is 0 Å². The number of hydrogen-bond donors (Lipinski definition) is 0. The molecule has 18 heavy (non-hydrogen) atoms. The Morgan fingerprint density at radius 1 is 1.11 bits per heavy atom. The molecule has 0 saturated heterocycles. The number of nitrogens with zero attached hydrogens (tertiary/aromatic N) is 1. The Balaban J connectivity index is 2.42. The van der Waals surface area contributed by atoms with Gasteiger partial charge in [-0.05, 0) is 24.9 Å². The number of benzene rings is 2. The first-order valence-corrected chi connectivity index (χ1v) is 5.94. The van der Waals surface area contributed by atoms with Gasteiger partial charge in [0.2, 0.25) is 0 Å². The lowest BCUT2D eigenvalue weighted by molar-refractivity contribution is 0.102. The van der Waals surface area contributed by atoms with Gasteiger partial charge >= 0.3 is 0 Å². The van der Waals surface area contributed by atoms with Crippen molar-refractivity contribution in [3.8, 4) is 0 Å². The Morgan fingerprint density at radius 3 is 2.50 bits per heavy atom. The highest BCUT2D eigenvalue weighted by molar-refractivity contribution is 6.16. The Bertz CT molecular complexity index is 594. The summed E-state index contributed by atoms with van der Waals surface area (Å²) in [7, 11) is 3.86. The molecular formula is C16H17NO. The molecule has 0 aliphatic heterocycles. The quantitative estimate of drug-likeness (QED) is 0.603. The first-order chi connectivity index (χ1) is 8.59. The second-order valence-electron chi connectivity index (χ2n) is 4.70. The maximum absolute atomic E-state index is 12.4. The maximum Gasteiger partial charge on any atom is 0.190 e. The summed E-state index contributed by atoms with van der Waals surface area (Å²) in [6, 6.07) is 13.7. The zero-order valence-corrected chi connectivity index (χ0v) is 10.8. The van der Waals surface area contributed by atoms with Crippen molar-refractivity contribution in [1.29, 1.82) is 0 Å². The van der Waals surface area contributed by atoms with Crippen LogP contribution in [-0.2, 0) is 0 Å². The molecule has 0 heterocycles. The molecule has 0 aliphatic carbocycles. The van der Waals surface area contributed by atoms with E-state index >= 15 is 0 Å². The topological polar surface area (TPSA) is 20.3 Å². The van der Waals surface area contributed by atoms with Crippen LogP contribution in [-0.4, -0.2) is 31.3 Å². The van der Waals surface area contributed by atoms with Gasteiger partial charge in [0.05, 0.1) is 0 Å². The summed E-state index contributed by atoms with van der Waals surface area (Å²) in [6.45, 7) is 4.47. The van der Waals surface area contributed by atoms with E-state index in [1.165, 1.54) is 0 Å². The molecule has 0 saturated carbocycles. The summed E-state index contributed by atoms with van der Waals surface area (Å²) in [5.74, 6) is 0.0282. The van der Waals surface area contributed by atoms with Gasteiger partial charge in [0.1, 0.15) is 0 Å². The number of hydrogen-bond acceptors (Lipinski definition) is 2. The molecule has 0 amide bonds. The number of rotatable bonds is 4. The number of carbonyl (C=O) groups is 1. The van der Waals surface area contributed by atoms with E-state index in [9.17, 15) is 4.79 Å². The van der Waals surface area contributed by atoms with E-state index in [1.807, 2.05) is 61.5 Å². The SMILES string of the molecule is C=C(CN(C)C)C(=O)c1cccc2ccccc12. The number of ketones is 1. The van der Waals surface area contributed by atoms with Crippen molar-refractivity contribution < 1.29 is 4.79 Å². The van der Waals surface area contributed by atoms with Crippen LogP contribution in [0, 0.1) is 0 Å². The Labute approximate surface area is 108 Å². The highest BCUT2D eigenvalue weighted by atomic mass is 16.1. The number of carbonyl (C=O) groups excluding carboxylic acids is 1. The van der Waals surface area contributed by atoms with E-state index in [0.717, 1.165) is 16.3 Å². The Hall–Kier alpha value is -1.93. The second kappa shape index (κ2) is 5.15. The molecule has 0 radical (unpaired) electrons. The maximum atomic E-state index is 12.4. The minimum atomic E-state index is 0.0282. The molecule has 2 nitrogen and oxygen atoms in total. The predicted molar refractivity (Wildman–Crippen MR) is 76.0 cm³/mol. The van der Waals surface area contributed by atoms with Crippen LogP contribution in [0.25, 0.3) is 10.8 Å². The van der Waals surface area contributed by atoms with E-state index in [4.69, 9.17) is 0 Å². The highest BCUT2D eigenvalue weighted by Gasteiger charge is 2.13. The highest BCUT2D eigenvalue weighted by Crippen LogP contribution is 2.20. The Kier molecular flexibility index (Phi) is 3.58. The molecule has 0 bridgehead atoms. The molecular weight excluding hydrogens is 222 g/mol. The first-order valence-electron chi connectivity index (χ1n) is 5.94. The predicted octanol–water partition coefficient (Wildman–Crippen LogP) is 3.14. The summed E-state index contributed by atoms with van der Waals surface area (Å²) in [5, 5.41) is 2.07. The number of likely N-dealkylation sites (N-methyl/N-ethyl adjacent to an activating group) is 1. The van der Waals surface area contributed by atoms with Crippen LogP contribution in [0.3, 0.4) is 0 Å². The van der Waals surface area contributed by atoms with Crippen molar-refractivity contribution in [1.82, 2.24) is 4.90 Å². The molecule has 2 aromatic rings. The number of Topliss-reactive ketones (excluding diaryl/α,β-unsaturated/α-hetero) is 1. The molecule has 0 atom stereocenters. The van der Waals surface area contributed by atoms with Gasteiger partial charge in [0, 0.05) is 17.7 Å². The van der Waals surface area contributed by atoms with Crippen molar-refractivity contribution in [2.45, 2.75) is 0 Å². The molecule has 2 rings (SSSR count). The van der Waals surface area contributed by atoms with Gasteiger partial charge in [0.25, 0.3) is 0 Å². The van der Waals surface area contributed by atoms with Crippen LogP contribution in [0.1, 0.15) is 10.4 Å². The zero-order valence-electron chi connectivity index (χ0n) is 10.8. The lowest BCUT2D eigenvalue weighted by Crippen LogP contribution is -2.19. The molecule has 0 aromatic heterocycles. The molecule has 0 spiro atoms. The van der Waals surface area contributed by atoms with Crippen LogP contribution in [0.4, 0.5) is 0 Å². The Morgan fingerprint density at radius 2 is 1.78 bits per heavy atom. The van der Waals surface area contributed by atoms with Crippen LogP contribution in [0.2, 0.25) is 0 Å². The average molecular weight is 239 g/mol. The van der Waals surface area contributed by atoms with Crippen LogP contribution in [0.15, 0.2) is 54.6 Å². The average Bonchev–Trinajstić information content (AvgIpc) is 2.36. The molecule has 92 valence electrons. The van der Waals surface area contributed by atoms with E-state index < -0.39 is 0 Å². The van der Waals surface area contributed by atoms with E-state index in [0.29, 0.717) is 12.1 Å². The van der Waals surface area contributed by atoms with E-state index in [1.54, 1.807) is 0 Å². The third kappa shape index (κ3) is 2.49. The number of fused-ring (bicyclic) bond motifs is 1. The van der Waals surface area contributed by atoms with Gasteiger partial charge in [0.15, 0.2) is 5.78 Å². The summed E-state index contributed by atoms with van der Waals surface area (Å²) in [5.41, 5.74) is 1.36. The smallest absolute Gasteiger partial charge is 0.190 e. The standard InChI is InChI=1S/C16H17NO/c1-12(11-17(2)3)16(18)15-10-6-8-13-7-4-5-9-14(13)15/h4-10H,1,11H2,2-3H3. The van der Waals surface area contributed by atoms with Crippen molar-refractivity contribution >= 4 is 16.6 Å². The van der Waals surface area contributed by atoms with Gasteiger partial charge in [-0.25, -0.2) is 0 Å². The van der Waals surface area contributed by atoms with Gasteiger partial charge in [-0.15, -0.1) is 0 Å². The fourth-order valence-corrected chi connectivity index (χ4v) is 2.07. The van der Waals surface area contributed by atoms with Crippen molar-refractivity contribution in [3.05, 3.63) is 60.2 Å². The first kappa shape index (κ1) is 12.5. The lowest BCUT2D eigenvalue weighted by atomic mass is 9.98. The molecule has 2 heteroatoms. The van der Waals surface area contributed by atoms with Crippen molar-refractivity contribution in [3.63, 3.8) is 0 Å². The second-order valence-corrected chi connectivity index (χ2v) is 4.70. The van der Waals surface area contributed by atoms with Crippen LogP contribution >= 0.6 is 0 Å². The molecule has 0 aliphatic rings. The van der Waals surface area contributed by atoms with Gasteiger partial charge < -0.3 is 4.90 Å². The molecule has 0 fully saturated rings.